The van der Waals surface area contributed by atoms with Gasteiger partial charge in [0.1, 0.15) is 0 Å². The van der Waals surface area contributed by atoms with Gasteiger partial charge in [0.25, 0.3) is 0 Å². The van der Waals surface area contributed by atoms with Gasteiger partial charge in [0.05, 0.1) is 0 Å². The molecule has 1 aliphatic rings. The quantitative estimate of drug-likeness (QED) is 0.400. The molecule has 0 saturated carbocycles. The molecule has 2 N–H and O–H groups in total. The second kappa shape index (κ2) is 10.7. The van der Waals surface area contributed by atoms with Crippen molar-refractivity contribution in [2.45, 2.75) is 53.0 Å². The Bertz CT molecular complexity index is 690. The zero-order chi connectivity index (χ0) is 15.6. The predicted molar refractivity (Wildman–Crippen MR) is 88.9 cm³/mol. The zero-order valence-electron chi connectivity index (χ0n) is 15.1. The summed E-state index contributed by atoms with van der Waals surface area (Å²) in [5.41, 5.74) is 4.87. The average molecular weight is 403 g/mol. The molecule has 2 rings (SSSR count). The van der Waals surface area contributed by atoms with E-state index >= 15 is 0 Å². The Labute approximate surface area is 173 Å². The van der Waals surface area contributed by atoms with Gasteiger partial charge in [0.2, 0.25) is 0 Å². The summed E-state index contributed by atoms with van der Waals surface area (Å²) in [6, 6.07) is 6.39. The van der Waals surface area contributed by atoms with Gasteiger partial charge >= 0.3 is 21.7 Å². The van der Waals surface area contributed by atoms with E-state index in [1.807, 2.05) is 0 Å². The van der Waals surface area contributed by atoms with Gasteiger partial charge in [-0.25, -0.2) is 0 Å². The van der Waals surface area contributed by atoms with Gasteiger partial charge in [-0.2, -0.15) is 0 Å². The van der Waals surface area contributed by atoms with Crippen LogP contribution in [0, 0.1) is 6.08 Å². The molecule has 0 unspecified atom stereocenters. The number of nitrogens with one attached hydrogen (secondary N) is 1. The summed E-state index contributed by atoms with van der Waals surface area (Å²) in [5.74, 6) is 0. The summed E-state index contributed by atoms with van der Waals surface area (Å²) in [7, 11) is 0. The van der Waals surface area contributed by atoms with Crippen molar-refractivity contribution in [3.05, 3.63) is 45.8 Å². The normalized spacial score (nSPS) is 13.8. The maximum atomic E-state index is 9.06. The van der Waals surface area contributed by atoms with E-state index in [1.54, 1.807) is 0 Å². The number of fused-ring (bicyclic) bond motifs is 1. The predicted octanol–water partition coefficient (Wildman–Crippen LogP) is -3.76. The van der Waals surface area contributed by atoms with Crippen molar-refractivity contribution in [2.24, 2.45) is 0 Å². The maximum absolute atomic E-state index is 9.06. The Morgan fingerprint density at radius 2 is 1.83 bits per heavy atom. The third-order valence-corrected chi connectivity index (χ3v) is 3.68. The van der Waals surface area contributed by atoms with E-state index in [2.05, 4.69) is 64.2 Å². The third kappa shape index (κ3) is 6.24. The van der Waals surface area contributed by atoms with E-state index in [1.165, 1.54) is 32.8 Å². The van der Waals surface area contributed by atoms with Crippen molar-refractivity contribution in [3.8, 4) is 0 Å². The number of aliphatic hydroxyl groups is 1. The summed E-state index contributed by atoms with van der Waals surface area (Å²) in [5, 5.41) is 15.2. The molecule has 1 aromatic carbocycles. The van der Waals surface area contributed by atoms with Crippen LogP contribution in [-0.4, -0.2) is 17.3 Å². The minimum absolute atomic E-state index is 0. The van der Waals surface area contributed by atoms with Crippen LogP contribution in [0.15, 0.2) is 23.8 Å². The summed E-state index contributed by atoms with van der Waals surface area (Å²) in [4.78, 5) is 0. The average Bonchev–Trinajstić information content (AvgIpc) is 2.70. The van der Waals surface area contributed by atoms with Crippen molar-refractivity contribution >= 4 is 11.3 Å². The van der Waals surface area contributed by atoms with Gasteiger partial charge in [-0.15, -0.1) is 34.6 Å². The first-order valence-corrected chi connectivity index (χ1v) is 7.66. The first kappa shape index (κ1) is 26.0. The third-order valence-electron chi connectivity index (χ3n) is 3.68. The van der Waals surface area contributed by atoms with Crippen LogP contribution < -0.4 is 40.6 Å². The molecule has 2 nitrogen and oxygen atoms in total. The fourth-order valence-corrected chi connectivity index (χ4v) is 2.74. The molecule has 0 aromatic heterocycles. The summed E-state index contributed by atoms with van der Waals surface area (Å²) in [6.07, 6.45) is 5.21. The van der Waals surface area contributed by atoms with E-state index in [4.69, 9.17) is 5.11 Å². The van der Waals surface area contributed by atoms with Gasteiger partial charge in [0, 0.05) is 12.1 Å². The maximum Gasteiger partial charge on any atom is 3.00 e. The molecular weight excluding hydrogens is 377 g/mol. The number of aliphatic hydroxyl groups excluding tert-OH is 1. The van der Waals surface area contributed by atoms with Crippen molar-refractivity contribution < 1.29 is 51.6 Å². The SMILES string of the molecule is CC1=[C-]c2cccc(=C(C)CCCO)c2=C1NC(C)(C)C.[Cl-].[Cl-].[Ti+3]. The zero-order valence-corrected chi connectivity index (χ0v) is 18.1. The molecule has 5 heteroatoms. The molecule has 0 amide bonds. The van der Waals surface area contributed by atoms with Gasteiger partial charge in [0.15, 0.2) is 0 Å². The Morgan fingerprint density at radius 1 is 1.21 bits per heavy atom. The fourth-order valence-electron chi connectivity index (χ4n) is 2.74. The van der Waals surface area contributed by atoms with Crippen LogP contribution in [-0.2, 0) is 21.7 Å². The second-order valence-corrected chi connectivity index (χ2v) is 6.84. The standard InChI is InChI=1S/C19H26NO.2ClH.Ti/c1-13(8-7-11-21)16-10-6-9-15-12-14(2)18(17(15)16)20-19(3,4)5;;;/h6,9-10,20-21H,7-8,11H2,1-5H3;2*1H;/q-1;;;+3/p-2. The molecule has 1 aliphatic carbocycles. The Balaban J connectivity index is 0. The van der Waals surface area contributed by atoms with Crippen molar-refractivity contribution in [3.63, 3.8) is 0 Å². The number of hydrogen-bond acceptors (Lipinski definition) is 2. The van der Waals surface area contributed by atoms with Gasteiger partial charge in [-0.1, -0.05) is 29.5 Å². The van der Waals surface area contributed by atoms with Gasteiger partial charge < -0.3 is 35.2 Å². The summed E-state index contributed by atoms with van der Waals surface area (Å²) < 4.78 is 0. The largest absolute Gasteiger partial charge is 3.00 e. The Kier molecular flexibility index (Phi) is 11.6. The Hall–Kier alpha value is -0.246. The first-order valence-electron chi connectivity index (χ1n) is 7.66. The number of benzene rings is 1. The summed E-state index contributed by atoms with van der Waals surface area (Å²) >= 11 is 0. The van der Waals surface area contributed by atoms with Gasteiger partial charge in [-0.3, -0.25) is 0 Å². The second-order valence-electron chi connectivity index (χ2n) is 6.84. The molecule has 24 heavy (non-hydrogen) atoms. The molecule has 0 aliphatic heterocycles. The van der Waals surface area contributed by atoms with Crippen LogP contribution >= 0.6 is 0 Å². The topological polar surface area (TPSA) is 32.3 Å². The van der Waals surface area contributed by atoms with Crippen LogP contribution in [0.4, 0.5) is 0 Å². The van der Waals surface area contributed by atoms with Crippen LogP contribution in [0.3, 0.4) is 0 Å². The number of halogens is 2. The minimum atomic E-state index is 0. The molecule has 0 heterocycles. The number of rotatable bonds is 4. The molecular formula is C19H26Cl2NOTi. The van der Waals surface area contributed by atoms with Crippen LogP contribution in [0.25, 0.3) is 11.3 Å². The summed E-state index contributed by atoms with van der Waals surface area (Å²) in [6.45, 7) is 11.0. The van der Waals surface area contributed by atoms with E-state index in [9.17, 15) is 0 Å². The first-order chi connectivity index (χ1) is 9.83. The molecule has 0 fully saturated rings. The molecule has 131 valence electrons. The van der Waals surface area contributed by atoms with Crippen LogP contribution in [0.1, 0.15) is 53.0 Å². The molecule has 0 saturated heterocycles. The van der Waals surface area contributed by atoms with Gasteiger partial charge in [-0.05, 0) is 40.5 Å². The van der Waals surface area contributed by atoms with Crippen molar-refractivity contribution in [1.29, 1.82) is 0 Å². The van der Waals surface area contributed by atoms with E-state index < -0.39 is 0 Å². The number of hydrogen-bond donors (Lipinski definition) is 2. The Morgan fingerprint density at radius 3 is 2.38 bits per heavy atom. The molecule has 0 bridgehead atoms. The van der Waals surface area contributed by atoms with E-state index in [-0.39, 0.29) is 58.7 Å². The van der Waals surface area contributed by atoms with Crippen molar-refractivity contribution in [2.75, 3.05) is 6.61 Å². The van der Waals surface area contributed by atoms with Crippen LogP contribution in [0.5, 0.6) is 0 Å². The minimum Gasteiger partial charge on any atom is -1.00 e. The molecule has 0 spiro atoms. The van der Waals surface area contributed by atoms with E-state index in [0.29, 0.717) is 0 Å². The van der Waals surface area contributed by atoms with Crippen LogP contribution in [0.2, 0.25) is 0 Å². The molecule has 1 aromatic rings. The molecule has 1 radical (unpaired) electrons. The van der Waals surface area contributed by atoms with E-state index in [0.717, 1.165) is 12.8 Å². The fraction of sp³-hybridized carbons (Fsp3) is 0.474. The van der Waals surface area contributed by atoms with Crippen molar-refractivity contribution in [1.82, 2.24) is 5.32 Å². The molecule has 0 atom stereocenters. The smallest absolute Gasteiger partial charge is 1.00 e. The monoisotopic (exact) mass is 402 g/mol.